The highest BCUT2D eigenvalue weighted by Crippen LogP contribution is 2.23. The highest BCUT2D eigenvalue weighted by molar-refractivity contribution is 7.89. The molecule has 0 bridgehead atoms. The van der Waals surface area contributed by atoms with E-state index in [2.05, 4.69) is 14.8 Å². The predicted octanol–water partition coefficient (Wildman–Crippen LogP) is 3.72. The normalized spacial score (nSPS) is 12.5. The van der Waals surface area contributed by atoms with Gasteiger partial charge in [-0.1, -0.05) is 37.0 Å². The maximum absolute atomic E-state index is 12.6. The lowest BCUT2D eigenvalue weighted by Gasteiger charge is -2.19. The van der Waals surface area contributed by atoms with Crippen molar-refractivity contribution in [3.05, 3.63) is 58.1 Å². The topological polar surface area (TPSA) is 102 Å². The van der Waals surface area contributed by atoms with Crippen molar-refractivity contribution in [1.29, 1.82) is 0 Å². The molecule has 7 nitrogen and oxygen atoms in total. The van der Waals surface area contributed by atoms with Crippen LogP contribution in [0.5, 0.6) is 0 Å². The van der Waals surface area contributed by atoms with E-state index in [4.69, 9.17) is 23.2 Å². The van der Waals surface area contributed by atoms with Gasteiger partial charge in [0.1, 0.15) is 6.04 Å². The highest BCUT2D eigenvalue weighted by Gasteiger charge is 2.29. The summed E-state index contributed by atoms with van der Waals surface area (Å²) in [7, 11) is -2.78. The molecule has 2 aromatic rings. The molecular weight excluding hydrogens is 439 g/mol. The fraction of sp³-hybridized carbons (Fsp3) is 0.263. The van der Waals surface area contributed by atoms with Crippen LogP contribution in [0.25, 0.3) is 0 Å². The number of benzene rings is 2. The predicted molar refractivity (Wildman–Crippen MR) is 112 cm³/mol. The van der Waals surface area contributed by atoms with Gasteiger partial charge in [-0.05, 0) is 48.4 Å². The minimum absolute atomic E-state index is 0.0606. The first kappa shape index (κ1) is 23.2. The van der Waals surface area contributed by atoms with E-state index >= 15 is 0 Å². The van der Waals surface area contributed by atoms with Gasteiger partial charge in [0.25, 0.3) is 5.91 Å². The molecule has 0 saturated carbocycles. The van der Waals surface area contributed by atoms with Crippen molar-refractivity contribution in [2.24, 2.45) is 5.92 Å². The van der Waals surface area contributed by atoms with Crippen LogP contribution >= 0.6 is 23.2 Å². The van der Waals surface area contributed by atoms with Gasteiger partial charge in [-0.15, -0.1) is 0 Å². The van der Waals surface area contributed by atoms with Gasteiger partial charge < -0.3 is 10.1 Å². The van der Waals surface area contributed by atoms with Crippen LogP contribution in [0.15, 0.2) is 47.4 Å². The third-order valence-electron chi connectivity index (χ3n) is 4.00. The molecule has 0 aromatic heterocycles. The number of halogens is 2. The van der Waals surface area contributed by atoms with Crippen LogP contribution in [0.4, 0.5) is 5.69 Å². The quantitative estimate of drug-likeness (QED) is 0.615. The van der Waals surface area contributed by atoms with Gasteiger partial charge >= 0.3 is 5.97 Å². The smallest absolute Gasteiger partial charge is 0.324 e. The molecule has 2 rings (SSSR count). The summed E-state index contributed by atoms with van der Waals surface area (Å²) in [4.78, 5) is 24.1. The first-order chi connectivity index (χ1) is 13.5. The highest BCUT2D eigenvalue weighted by atomic mass is 35.5. The third kappa shape index (κ3) is 5.93. The molecule has 0 aliphatic carbocycles. The monoisotopic (exact) mass is 458 g/mol. The van der Waals surface area contributed by atoms with E-state index in [9.17, 15) is 18.0 Å². The molecule has 0 saturated heterocycles. The lowest BCUT2D eigenvalue weighted by atomic mass is 10.1. The average molecular weight is 459 g/mol. The first-order valence-electron chi connectivity index (χ1n) is 8.51. The first-order valence-corrected chi connectivity index (χ1v) is 10.8. The molecule has 1 atom stereocenters. The number of rotatable bonds is 7. The molecule has 156 valence electrons. The minimum Gasteiger partial charge on any atom is -0.468 e. The van der Waals surface area contributed by atoms with E-state index in [0.717, 1.165) is 0 Å². The SMILES string of the molecule is COC(=O)C(NS(=O)(=O)c1ccc(NC(=O)c2ccc(Cl)cc2Cl)cc1)C(C)C. The van der Waals surface area contributed by atoms with Crippen LogP contribution in [0, 0.1) is 5.92 Å². The fourth-order valence-corrected chi connectivity index (χ4v) is 4.24. The number of methoxy groups -OCH3 is 1. The van der Waals surface area contributed by atoms with Crippen LogP contribution in [0.1, 0.15) is 24.2 Å². The Morgan fingerprint density at radius 2 is 1.66 bits per heavy atom. The maximum atomic E-state index is 12.6. The van der Waals surface area contributed by atoms with Gasteiger partial charge in [-0.3, -0.25) is 9.59 Å². The van der Waals surface area contributed by atoms with Crippen molar-refractivity contribution >= 4 is 50.8 Å². The molecule has 10 heteroatoms. The molecular formula is C19H20Cl2N2O5S. The number of sulfonamides is 1. The zero-order valence-electron chi connectivity index (χ0n) is 15.9. The summed E-state index contributed by atoms with van der Waals surface area (Å²) in [5.41, 5.74) is 0.598. The Morgan fingerprint density at radius 3 is 2.17 bits per heavy atom. The fourth-order valence-electron chi connectivity index (χ4n) is 2.41. The van der Waals surface area contributed by atoms with Crippen LogP contribution in [0.3, 0.4) is 0 Å². The molecule has 1 unspecified atom stereocenters. The molecule has 0 fully saturated rings. The van der Waals surface area contributed by atoms with Crippen LogP contribution in [0.2, 0.25) is 10.0 Å². The number of anilines is 1. The zero-order valence-corrected chi connectivity index (χ0v) is 18.2. The molecule has 2 aromatic carbocycles. The summed E-state index contributed by atoms with van der Waals surface area (Å²) in [5.74, 6) is -1.45. The van der Waals surface area contributed by atoms with E-state index in [-0.39, 0.29) is 21.4 Å². The van der Waals surface area contributed by atoms with Crippen molar-refractivity contribution < 1.29 is 22.7 Å². The van der Waals surface area contributed by atoms with Gasteiger partial charge in [-0.2, -0.15) is 4.72 Å². The largest absolute Gasteiger partial charge is 0.468 e. The zero-order chi connectivity index (χ0) is 21.8. The summed E-state index contributed by atoms with van der Waals surface area (Å²) in [5, 5.41) is 3.23. The second-order valence-corrected chi connectivity index (χ2v) is 9.03. The van der Waals surface area contributed by atoms with Crippen molar-refractivity contribution in [2.75, 3.05) is 12.4 Å². The standard InChI is InChI=1S/C19H20Cl2N2O5S/c1-11(2)17(19(25)28-3)23-29(26,27)14-7-5-13(6-8-14)22-18(24)15-9-4-12(20)10-16(15)21/h4-11,17,23H,1-3H3,(H,22,24). The van der Waals surface area contributed by atoms with E-state index in [0.29, 0.717) is 10.7 Å². The number of ether oxygens (including phenoxy) is 1. The van der Waals surface area contributed by atoms with Crippen molar-refractivity contribution in [1.82, 2.24) is 4.72 Å². The Labute approximate surface area is 179 Å². The number of amides is 1. The minimum atomic E-state index is -3.97. The number of nitrogens with one attached hydrogen (secondary N) is 2. The van der Waals surface area contributed by atoms with E-state index < -0.39 is 27.9 Å². The van der Waals surface area contributed by atoms with Gasteiger partial charge in [-0.25, -0.2) is 8.42 Å². The molecule has 2 N–H and O–H groups in total. The van der Waals surface area contributed by atoms with E-state index in [1.165, 1.54) is 49.6 Å². The summed E-state index contributed by atoms with van der Waals surface area (Å²) in [6, 6.07) is 8.95. The number of esters is 1. The van der Waals surface area contributed by atoms with Gasteiger partial charge in [0.2, 0.25) is 10.0 Å². The Bertz CT molecular complexity index is 1010. The Morgan fingerprint density at radius 1 is 1.03 bits per heavy atom. The van der Waals surface area contributed by atoms with Gasteiger partial charge in [0.15, 0.2) is 0 Å². The Hall–Kier alpha value is -2.13. The van der Waals surface area contributed by atoms with Crippen LogP contribution in [-0.4, -0.2) is 33.4 Å². The average Bonchev–Trinajstić information content (AvgIpc) is 2.65. The Balaban J connectivity index is 2.16. The molecule has 0 aliphatic heterocycles. The lowest BCUT2D eigenvalue weighted by Crippen LogP contribution is -2.44. The number of hydrogen-bond donors (Lipinski definition) is 2. The summed E-state index contributed by atoms with van der Waals surface area (Å²) in [6.07, 6.45) is 0. The van der Waals surface area contributed by atoms with Crippen molar-refractivity contribution in [3.63, 3.8) is 0 Å². The van der Waals surface area contributed by atoms with Crippen LogP contribution < -0.4 is 10.0 Å². The second kappa shape index (κ2) is 9.58. The summed E-state index contributed by atoms with van der Waals surface area (Å²) < 4.78 is 32.1. The molecule has 0 spiro atoms. The second-order valence-electron chi connectivity index (χ2n) is 6.47. The molecule has 0 aliphatic rings. The Kier molecular flexibility index (Phi) is 7.65. The van der Waals surface area contributed by atoms with Crippen molar-refractivity contribution in [3.8, 4) is 0 Å². The molecule has 0 heterocycles. The molecule has 1 amide bonds. The number of carbonyl (C=O) groups excluding carboxylic acids is 2. The van der Waals surface area contributed by atoms with E-state index in [1.54, 1.807) is 13.8 Å². The molecule has 29 heavy (non-hydrogen) atoms. The summed E-state index contributed by atoms with van der Waals surface area (Å²) >= 11 is 11.8. The third-order valence-corrected chi connectivity index (χ3v) is 6.01. The number of carbonyl (C=O) groups is 2. The van der Waals surface area contributed by atoms with Gasteiger partial charge in [0, 0.05) is 10.7 Å². The van der Waals surface area contributed by atoms with E-state index in [1.807, 2.05) is 0 Å². The maximum Gasteiger partial charge on any atom is 0.324 e. The number of hydrogen-bond acceptors (Lipinski definition) is 5. The van der Waals surface area contributed by atoms with Crippen molar-refractivity contribution in [2.45, 2.75) is 24.8 Å². The lowest BCUT2D eigenvalue weighted by molar-refractivity contribution is -0.143. The van der Waals surface area contributed by atoms with Crippen LogP contribution in [-0.2, 0) is 19.6 Å². The van der Waals surface area contributed by atoms with Gasteiger partial charge in [0.05, 0.1) is 22.6 Å². The summed E-state index contributed by atoms with van der Waals surface area (Å²) in [6.45, 7) is 3.40. The molecule has 0 radical (unpaired) electrons.